The monoisotopic (exact) mass is 419 g/mol. The van der Waals surface area contributed by atoms with E-state index >= 15 is 0 Å². The van der Waals surface area contributed by atoms with Crippen molar-refractivity contribution >= 4 is 5.91 Å². The fourth-order valence-electron chi connectivity index (χ4n) is 4.90. The van der Waals surface area contributed by atoms with Gasteiger partial charge in [0.2, 0.25) is 5.91 Å². The molecule has 2 bridgehead atoms. The van der Waals surface area contributed by atoms with Crippen molar-refractivity contribution in [1.29, 1.82) is 0 Å². The molecule has 6 rings (SSSR count). The highest BCUT2D eigenvalue weighted by Gasteiger charge is 2.43. The number of hydrogen-bond donors (Lipinski definition) is 1. The molecule has 3 aromatic rings. The van der Waals surface area contributed by atoms with Gasteiger partial charge in [-0.25, -0.2) is 4.39 Å². The highest BCUT2D eigenvalue weighted by molar-refractivity contribution is 5.79. The number of benzene rings is 2. The van der Waals surface area contributed by atoms with Crippen LogP contribution in [0.2, 0.25) is 0 Å². The number of aromatic nitrogens is 3. The van der Waals surface area contributed by atoms with E-state index < -0.39 is 0 Å². The van der Waals surface area contributed by atoms with Gasteiger partial charge in [0.15, 0.2) is 0 Å². The molecule has 0 saturated carbocycles. The lowest BCUT2D eigenvalue weighted by molar-refractivity contribution is -0.133. The first kappa shape index (κ1) is 19.9. The number of halogens is 1. The fraction of sp³-hybridized carbons (Fsp3) is 0.375. The number of nitrogens with one attached hydrogen (secondary N) is 1. The Kier molecular flexibility index (Phi) is 5.51. The Bertz CT molecular complexity index is 1040. The van der Waals surface area contributed by atoms with Gasteiger partial charge in [0.1, 0.15) is 11.5 Å². The van der Waals surface area contributed by atoms with Crippen LogP contribution in [0.25, 0.3) is 11.3 Å². The summed E-state index contributed by atoms with van der Waals surface area (Å²) < 4.78 is 15.0. The molecule has 1 N–H and O–H groups in total. The molecule has 3 fully saturated rings. The van der Waals surface area contributed by atoms with Crippen molar-refractivity contribution < 1.29 is 9.18 Å². The zero-order valence-electron chi connectivity index (χ0n) is 17.3. The van der Waals surface area contributed by atoms with E-state index in [1.807, 2.05) is 41.2 Å². The first-order valence-electron chi connectivity index (χ1n) is 10.9. The second kappa shape index (κ2) is 8.59. The predicted octanol–water partition coefficient (Wildman–Crippen LogP) is 3.11. The van der Waals surface area contributed by atoms with Crippen molar-refractivity contribution in [2.24, 2.45) is 11.8 Å². The van der Waals surface area contributed by atoms with E-state index in [0.717, 1.165) is 49.3 Å². The number of fused-ring (bicyclic) bond motifs is 3. The van der Waals surface area contributed by atoms with Crippen LogP contribution in [0.15, 0.2) is 60.8 Å². The minimum Gasteiger partial charge on any atom is -0.352 e. The number of nitrogens with zero attached hydrogens (tertiary/aromatic N) is 4. The van der Waals surface area contributed by atoms with Gasteiger partial charge in [-0.15, -0.1) is 5.10 Å². The van der Waals surface area contributed by atoms with Gasteiger partial charge < -0.3 is 5.32 Å². The highest BCUT2D eigenvalue weighted by Crippen LogP contribution is 2.37. The molecule has 4 heterocycles. The average Bonchev–Trinajstić information content (AvgIpc) is 3.27. The fourth-order valence-corrected chi connectivity index (χ4v) is 4.90. The third-order valence-electron chi connectivity index (χ3n) is 6.60. The molecule has 1 unspecified atom stereocenters. The minimum absolute atomic E-state index is 0.0548. The molecule has 0 radical (unpaired) electrons. The Labute approximate surface area is 181 Å². The summed E-state index contributed by atoms with van der Waals surface area (Å²) in [6.45, 7) is 3.16. The van der Waals surface area contributed by atoms with E-state index in [2.05, 4.69) is 20.5 Å². The smallest absolute Gasteiger partial charge is 0.224 e. The standard InChI is InChI=1S/C24H26FN5O/c25-20-8-6-18(7-9-20)23-16-30(28-27-23)14-21-12-19-10-11-29(21)15-22(19)24(31)26-13-17-4-2-1-3-5-17/h1-9,16,19,21-22H,10-15H2,(H,26,31)/t19-,21-,22+/m1/s1. The van der Waals surface area contributed by atoms with E-state index in [-0.39, 0.29) is 17.6 Å². The molecule has 7 heteroatoms. The van der Waals surface area contributed by atoms with E-state index in [0.29, 0.717) is 18.5 Å². The minimum atomic E-state index is -0.260. The lowest BCUT2D eigenvalue weighted by atomic mass is 9.75. The zero-order valence-corrected chi connectivity index (χ0v) is 17.3. The summed E-state index contributed by atoms with van der Waals surface area (Å²) in [5, 5.41) is 11.6. The van der Waals surface area contributed by atoms with Crippen molar-refractivity contribution in [1.82, 2.24) is 25.2 Å². The van der Waals surface area contributed by atoms with Crippen molar-refractivity contribution in [3.8, 4) is 11.3 Å². The molecule has 4 atom stereocenters. The van der Waals surface area contributed by atoms with Gasteiger partial charge in [0.25, 0.3) is 0 Å². The van der Waals surface area contributed by atoms with Crippen LogP contribution in [-0.4, -0.2) is 44.9 Å². The molecular weight excluding hydrogens is 393 g/mol. The van der Waals surface area contributed by atoms with Crippen LogP contribution in [0.1, 0.15) is 18.4 Å². The summed E-state index contributed by atoms with van der Waals surface area (Å²) in [6, 6.07) is 16.7. The van der Waals surface area contributed by atoms with Crippen LogP contribution in [0, 0.1) is 17.7 Å². The molecule has 31 heavy (non-hydrogen) atoms. The maximum Gasteiger partial charge on any atom is 0.224 e. The molecule has 160 valence electrons. The van der Waals surface area contributed by atoms with Gasteiger partial charge in [0.05, 0.1) is 18.7 Å². The zero-order chi connectivity index (χ0) is 21.2. The first-order chi connectivity index (χ1) is 15.2. The summed E-state index contributed by atoms with van der Waals surface area (Å²) in [6.07, 6.45) is 3.98. The summed E-state index contributed by atoms with van der Waals surface area (Å²) in [7, 11) is 0. The second-order valence-corrected chi connectivity index (χ2v) is 8.58. The Morgan fingerprint density at radius 2 is 1.94 bits per heavy atom. The van der Waals surface area contributed by atoms with E-state index in [9.17, 15) is 9.18 Å². The number of piperidine rings is 3. The number of carbonyl (C=O) groups excluding carboxylic acids is 1. The summed E-state index contributed by atoms with van der Waals surface area (Å²) in [4.78, 5) is 15.2. The number of hydrogen-bond acceptors (Lipinski definition) is 4. The molecule has 0 aliphatic carbocycles. The van der Waals surface area contributed by atoms with Gasteiger partial charge in [-0.05, 0) is 55.1 Å². The second-order valence-electron chi connectivity index (χ2n) is 8.58. The SMILES string of the molecule is O=C(NCc1ccccc1)[C@H]1CN2CC[C@@H]1C[C@@H]2Cn1cc(-c2ccc(F)cc2)nn1. The molecule has 3 aliphatic heterocycles. The van der Waals surface area contributed by atoms with Crippen LogP contribution in [-0.2, 0) is 17.9 Å². The van der Waals surface area contributed by atoms with Gasteiger partial charge in [-0.1, -0.05) is 35.5 Å². The highest BCUT2D eigenvalue weighted by atomic mass is 19.1. The number of rotatable bonds is 6. The summed E-state index contributed by atoms with van der Waals surface area (Å²) in [5.74, 6) is 0.367. The molecular formula is C24H26FN5O. The first-order valence-corrected chi connectivity index (χ1v) is 10.9. The third-order valence-corrected chi connectivity index (χ3v) is 6.60. The Morgan fingerprint density at radius 1 is 1.13 bits per heavy atom. The van der Waals surface area contributed by atoms with E-state index in [1.54, 1.807) is 12.1 Å². The molecule has 3 aliphatic rings. The van der Waals surface area contributed by atoms with Crippen LogP contribution < -0.4 is 5.32 Å². The van der Waals surface area contributed by atoms with Gasteiger partial charge in [-0.3, -0.25) is 14.4 Å². The van der Waals surface area contributed by atoms with Gasteiger partial charge >= 0.3 is 0 Å². The molecule has 0 spiro atoms. The Balaban J connectivity index is 1.18. The van der Waals surface area contributed by atoms with Crippen molar-refractivity contribution in [3.05, 3.63) is 72.2 Å². The van der Waals surface area contributed by atoms with Gasteiger partial charge in [0, 0.05) is 24.7 Å². The van der Waals surface area contributed by atoms with Crippen LogP contribution in [0.5, 0.6) is 0 Å². The van der Waals surface area contributed by atoms with Crippen LogP contribution >= 0.6 is 0 Å². The normalized spacial score (nSPS) is 24.8. The van der Waals surface area contributed by atoms with Crippen LogP contribution in [0.3, 0.4) is 0 Å². The Morgan fingerprint density at radius 3 is 2.68 bits per heavy atom. The molecule has 1 amide bonds. The van der Waals surface area contributed by atoms with Crippen molar-refractivity contribution in [2.45, 2.75) is 32.0 Å². The third kappa shape index (κ3) is 4.37. The summed E-state index contributed by atoms with van der Waals surface area (Å²) in [5.41, 5.74) is 2.72. The lowest BCUT2D eigenvalue weighted by Crippen LogP contribution is -2.57. The topological polar surface area (TPSA) is 63.1 Å². The number of carbonyl (C=O) groups is 1. The molecule has 3 saturated heterocycles. The lowest BCUT2D eigenvalue weighted by Gasteiger charge is -2.49. The van der Waals surface area contributed by atoms with E-state index in [4.69, 9.17) is 0 Å². The molecule has 2 aromatic carbocycles. The average molecular weight is 420 g/mol. The maximum atomic E-state index is 13.2. The molecule has 1 aromatic heterocycles. The largest absolute Gasteiger partial charge is 0.352 e. The van der Waals surface area contributed by atoms with Crippen LogP contribution in [0.4, 0.5) is 4.39 Å². The van der Waals surface area contributed by atoms with Gasteiger partial charge in [-0.2, -0.15) is 0 Å². The quantitative estimate of drug-likeness (QED) is 0.667. The summed E-state index contributed by atoms with van der Waals surface area (Å²) >= 11 is 0. The maximum absolute atomic E-state index is 13.2. The molecule has 6 nitrogen and oxygen atoms in total. The number of amides is 1. The Hall–Kier alpha value is -3.06. The van der Waals surface area contributed by atoms with Crippen molar-refractivity contribution in [2.75, 3.05) is 13.1 Å². The predicted molar refractivity (Wildman–Crippen MR) is 115 cm³/mol. The van der Waals surface area contributed by atoms with Crippen molar-refractivity contribution in [3.63, 3.8) is 0 Å². The van der Waals surface area contributed by atoms with E-state index in [1.165, 1.54) is 12.1 Å².